The Hall–Kier alpha value is -4.60. The van der Waals surface area contributed by atoms with Gasteiger partial charge in [0.25, 0.3) is 0 Å². The number of fused-ring (bicyclic) bond motifs is 2. The highest BCUT2D eigenvalue weighted by Gasteiger charge is 2.28. The van der Waals surface area contributed by atoms with Crippen LogP contribution in [-0.2, 0) is 6.42 Å². The molecular formula is C26H25N9O. The maximum atomic E-state index is 13.2. The summed E-state index contributed by atoms with van der Waals surface area (Å²) in [5.41, 5.74) is 6.29. The number of nitrogens with zero attached hydrogens (tertiary/aromatic N) is 8. The van der Waals surface area contributed by atoms with E-state index in [1.54, 1.807) is 35.2 Å². The van der Waals surface area contributed by atoms with Crippen LogP contribution in [0.25, 0.3) is 17.0 Å². The van der Waals surface area contributed by atoms with Gasteiger partial charge in [0, 0.05) is 54.9 Å². The Morgan fingerprint density at radius 3 is 2.78 bits per heavy atom. The van der Waals surface area contributed by atoms with Crippen LogP contribution in [0.2, 0.25) is 0 Å². The van der Waals surface area contributed by atoms with Crippen LogP contribution in [0.1, 0.15) is 41.4 Å². The predicted octanol–water partition coefficient (Wildman–Crippen LogP) is 3.93. The number of carbonyl (C=O) groups is 1. The maximum absolute atomic E-state index is 13.2. The van der Waals surface area contributed by atoms with Crippen molar-refractivity contribution in [2.45, 2.75) is 26.3 Å². The molecule has 10 nitrogen and oxygen atoms in total. The van der Waals surface area contributed by atoms with Gasteiger partial charge in [0.15, 0.2) is 17.2 Å². The first-order valence-electron chi connectivity index (χ1n) is 11.9. The van der Waals surface area contributed by atoms with E-state index < -0.39 is 0 Å². The summed E-state index contributed by atoms with van der Waals surface area (Å²) in [5.74, 6) is 0.735. The summed E-state index contributed by atoms with van der Waals surface area (Å²) in [5, 5.41) is 16.8. The van der Waals surface area contributed by atoms with Crippen LogP contribution in [0.15, 0.2) is 61.2 Å². The first kappa shape index (κ1) is 21.9. The number of benzene rings is 1. The van der Waals surface area contributed by atoms with Gasteiger partial charge in [-0.1, -0.05) is 17.3 Å². The second-order valence-corrected chi connectivity index (χ2v) is 9.00. The summed E-state index contributed by atoms with van der Waals surface area (Å²) in [6.07, 6.45) is 7.70. The van der Waals surface area contributed by atoms with E-state index in [4.69, 9.17) is 5.10 Å². The average molecular weight is 480 g/mol. The lowest BCUT2D eigenvalue weighted by Crippen LogP contribution is -2.17. The zero-order chi connectivity index (χ0) is 24.8. The van der Waals surface area contributed by atoms with Crippen molar-refractivity contribution in [3.63, 3.8) is 0 Å². The normalized spacial score (nSPS) is 12.9. The van der Waals surface area contributed by atoms with Crippen molar-refractivity contribution in [2.24, 2.45) is 0 Å². The van der Waals surface area contributed by atoms with Gasteiger partial charge in [0.1, 0.15) is 11.4 Å². The lowest BCUT2D eigenvalue weighted by atomic mass is 9.97. The molecule has 0 atom stereocenters. The second kappa shape index (κ2) is 8.56. The Balaban J connectivity index is 1.44. The molecule has 1 N–H and O–H groups in total. The number of ketones is 1. The molecule has 6 rings (SSSR count). The van der Waals surface area contributed by atoms with E-state index in [0.29, 0.717) is 29.0 Å². The Morgan fingerprint density at radius 2 is 2.03 bits per heavy atom. The molecule has 1 aliphatic rings. The summed E-state index contributed by atoms with van der Waals surface area (Å²) in [4.78, 5) is 24.1. The lowest BCUT2D eigenvalue weighted by molar-refractivity contribution is 0.103. The molecule has 0 amide bonds. The fourth-order valence-corrected chi connectivity index (χ4v) is 4.63. The molecule has 0 spiro atoms. The van der Waals surface area contributed by atoms with Gasteiger partial charge in [-0.05, 0) is 44.0 Å². The van der Waals surface area contributed by atoms with E-state index in [0.717, 1.165) is 34.9 Å². The van der Waals surface area contributed by atoms with E-state index in [-0.39, 0.29) is 11.8 Å². The molecule has 0 fully saturated rings. The van der Waals surface area contributed by atoms with Gasteiger partial charge in [0.2, 0.25) is 0 Å². The molecule has 36 heavy (non-hydrogen) atoms. The molecule has 0 radical (unpaired) electrons. The highest BCUT2D eigenvalue weighted by atomic mass is 16.1. The van der Waals surface area contributed by atoms with Crippen LogP contribution in [0.3, 0.4) is 0 Å². The van der Waals surface area contributed by atoms with Gasteiger partial charge in [0.05, 0.1) is 18.1 Å². The van der Waals surface area contributed by atoms with Crippen LogP contribution in [0.4, 0.5) is 17.2 Å². The molecule has 0 unspecified atom stereocenters. The van der Waals surface area contributed by atoms with Gasteiger partial charge < -0.3 is 10.2 Å². The molecule has 10 heteroatoms. The Labute approximate surface area is 207 Å². The van der Waals surface area contributed by atoms with Crippen LogP contribution in [0, 0.1) is 0 Å². The molecule has 5 aromatic rings. The van der Waals surface area contributed by atoms with E-state index in [1.165, 1.54) is 0 Å². The summed E-state index contributed by atoms with van der Waals surface area (Å²) in [6, 6.07) is 11.6. The number of pyridine rings is 1. The minimum Gasteiger partial charge on any atom is -0.385 e. The molecular weight excluding hydrogens is 454 g/mol. The van der Waals surface area contributed by atoms with Crippen molar-refractivity contribution >= 4 is 28.6 Å². The van der Waals surface area contributed by atoms with Crippen molar-refractivity contribution in [1.82, 2.24) is 34.6 Å². The van der Waals surface area contributed by atoms with E-state index >= 15 is 0 Å². The smallest absolute Gasteiger partial charge is 0.194 e. The third-order valence-electron chi connectivity index (χ3n) is 6.50. The fraction of sp³-hybridized carbons (Fsp3) is 0.231. The van der Waals surface area contributed by atoms with Gasteiger partial charge >= 0.3 is 0 Å². The number of hydrogen-bond donors (Lipinski definition) is 1. The quantitative estimate of drug-likeness (QED) is 0.365. The van der Waals surface area contributed by atoms with Gasteiger partial charge in [-0.2, -0.15) is 0 Å². The predicted molar refractivity (Wildman–Crippen MR) is 137 cm³/mol. The number of imidazole rings is 1. The molecule has 0 saturated carbocycles. The summed E-state index contributed by atoms with van der Waals surface area (Å²) < 4.78 is 3.62. The standard InChI is InChI=1S/C26H25N9O/c1-16(2)34-15-21(30-32-34)23-14-29-26-20(27-3)12-24(31-35(23)26)33-11-9-18-19(7-4-8-22(18)33)25(36)17-6-5-10-28-13-17/h4-8,10,12-16,27H,9,11H2,1-3H3. The Kier molecular flexibility index (Phi) is 5.21. The molecule has 1 aromatic carbocycles. The summed E-state index contributed by atoms with van der Waals surface area (Å²) >= 11 is 0. The topological polar surface area (TPSA) is 106 Å². The first-order valence-corrected chi connectivity index (χ1v) is 11.9. The number of rotatable bonds is 6. The lowest BCUT2D eigenvalue weighted by Gasteiger charge is -2.20. The van der Waals surface area contributed by atoms with Gasteiger partial charge in [-0.3, -0.25) is 9.78 Å². The highest BCUT2D eigenvalue weighted by molar-refractivity contribution is 6.10. The SMILES string of the molecule is CNc1cc(N2CCc3c(C(=O)c4cccnc4)cccc32)nn2c(-c3cn(C(C)C)nn3)cnc12. The van der Waals surface area contributed by atoms with Crippen LogP contribution >= 0.6 is 0 Å². The minimum absolute atomic E-state index is 0.0220. The number of aromatic nitrogens is 7. The summed E-state index contributed by atoms with van der Waals surface area (Å²) in [6.45, 7) is 4.82. The van der Waals surface area contributed by atoms with E-state index in [2.05, 4.69) is 44.3 Å². The molecule has 5 heterocycles. The van der Waals surface area contributed by atoms with E-state index in [9.17, 15) is 4.79 Å². The molecule has 4 aromatic heterocycles. The molecule has 0 bridgehead atoms. The van der Waals surface area contributed by atoms with Crippen LogP contribution in [-0.4, -0.2) is 54.0 Å². The van der Waals surface area contributed by atoms with Crippen LogP contribution in [0.5, 0.6) is 0 Å². The molecule has 0 saturated heterocycles. The maximum Gasteiger partial charge on any atom is 0.194 e. The van der Waals surface area contributed by atoms with Crippen molar-refractivity contribution in [3.8, 4) is 11.4 Å². The molecule has 0 aliphatic carbocycles. The average Bonchev–Trinajstić information content (AvgIpc) is 3.66. The number of carbonyl (C=O) groups excluding carboxylic acids is 1. The Bertz CT molecular complexity index is 1590. The third kappa shape index (κ3) is 3.49. The highest BCUT2D eigenvalue weighted by Crippen LogP contribution is 2.37. The number of anilines is 3. The Morgan fingerprint density at radius 1 is 1.14 bits per heavy atom. The number of hydrogen-bond acceptors (Lipinski definition) is 8. The first-order chi connectivity index (χ1) is 17.5. The third-order valence-corrected chi connectivity index (χ3v) is 6.50. The molecule has 1 aliphatic heterocycles. The molecule has 180 valence electrons. The van der Waals surface area contributed by atoms with Crippen molar-refractivity contribution in [1.29, 1.82) is 0 Å². The monoisotopic (exact) mass is 479 g/mol. The largest absolute Gasteiger partial charge is 0.385 e. The zero-order valence-corrected chi connectivity index (χ0v) is 20.3. The van der Waals surface area contributed by atoms with Crippen LogP contribution < -0.4 is 10.2 Å². The second-order valence-electron chi connectivity index (χ2n) is 9.00. The van der Waals surface area contributed by atoms with Crippen molar-refractivity contribution in [3.05, 3.63) is 77.9 Å². The van der Waals surface area contributed by atoms with Crippen molar-refractivity contribution in [2.75, 3.05) is 23.8 Å². The van der Waals surface area contributed by atoms with Crippen molar-refractivity contribution < 1.29 is 4.79 Å². The van der Waals surface area contributed by atoms with E-state index in [1.807, 2.05) is 42.2 Å². The fourth-order valence-electron chi connectivity index (χ4n) is 4.63. The minimum atomic E-state index is -0.0220. The number of nitrogens with one attached hydrogen (secondary N) is 1. The van der Waals surface area contributed by atoms with Gasteiger partial charge in [-0.15, -0.1) is 10.2 Å². The summed E-state index contributed by atoms with van der Waals surface area (Å²) in [7, 11) is 1.87. The zero-order valence-electron chi connectivity index (χ0n) is 20.3. The van der Waals surface area contributed by atoms with Gasteiger partial charge in [-0.25, -0.2) is 14.2 Å².